The Balaban J connectivity index is 2.31. The highest BCUT2D eigenvalue weighted by atomic mass is 31.1. The third-order valence-corrected chi connectivity index (χ3v) is 4.18. The molecule has 0 spiro atoms. The highest BCUT2D eigenvalue weighted by molar-refractivity contribution is 7.47. The van der Waals surface area contributed by atoms with E-state index < -0.39 is 8.03 Å². The summed E-state index contributed by atoms with van der Waals surface area (Å²) in [5, 5.41) is 0.470. The maximum atomic E-state index is 11.7. The van der Waals surface area contributed by atoms with Gasteiger partial charge in [0.25, 0.3) is 0 Å². The fourth-order valence-electron chi connectivity index (χ4n) is 2.47. The first-order valence-electron chi connectivity index (χ1n) is 6.67. The lowest BCUT2D eigenvalue weighted by Gasteiger charge is -2.09. The molecule has 0 amide bonds. The maximum absolute atomic E-state index is 11.7. The average molecular weight is 293 g/mol. The van der Waals surface area contributed by atoms with E-state index in [1.807, 2.05) is 72.8 Å². The second-order valence-corrected chi connectivity index (χ2v) is 5.73. The van der Waals surface area contributed by atoms with Crippen molar-refractivity contribution >= 4 is 13.3 Å². The molecule has 0 saturated carbocycles. The quantitative estimate of drug-likeness (QED) is 0.728. The van der Waals surface area contributed by atoms with Crippen molar-refractivity contribution in [2.75, 3.05) is 0 Å². The molecule has 0 bridgehead atoms. The Hall–Kier alpha value is -2.28. The van der Waals surface area contributed by atoms with E-state index in [9.17, 15) is 9.46 Å². The first-order valence-corrected chi connectivity index (χ1v) is 7.88. The van der Waals surface area contributed by atoms with Crippen LogP contribution in [-0.4, -0.2) is 4.89 Å². The Morgan fingerprint density at radius 2 is 1.24 bits per heavy atom. The van der Waals surface area contributed by atoms with E-state index in [1.54, 1.807) is 6.07 Å². The molecule has 0 aromatic heterocycles. The smallest absolute Gasteiger partial charge is 0.156 e. The molecule has 0 aliphatic carbocycles. The summed E-state index contributed by atoms with van der Waals surface area (Å²) in [6, 6.07) is 25.2. The summed E-state index contributed by atoms with van der Waals surface area (Å²) in [6.45, 7) is 0. The highest BCUT2D eigenvalue weighted by Crippen LogP contribution is 2.34. The molecule has 0 radical (unpaired) electrons. The summed E-state index contributed by atoms with van der Waals surface area (Å²) in [4.78, 5) is 9.65. The summed E-state index contributed by atoms with van der Waals surface area (Å²) in [6.07, 6.45) is 0. The van der Waals surface area contributed by atoms with Crippen molar-refractivity contribution in [3.8, 4) is 22.3 Å². The van der Waals surface area contributed by atoms with Crippen LogP contribution < -0.4 is 5.30 Å². The second kappa shape index (κ2) is 6.01. The lowest BCUT2D eigenvalue weighted by atomic mass is 9.94. The maximum Gasteiger partial charge on any atom is 0.546 e. The van der Waals surface area contributed by atoms with Crippen LogP contribution in [0.4, 0.5) is 0 Å². The lowest BCUT2D eigenvalue weighted by molar-refractivity contribution is 0.513. The predicted molar refractivity (Wildman–Crippen MR) is 86.8 cm³/mol. The van der Waals surface area contributed by atoms with Crippen molar-refractivity contribution < 1.29 is 9.46 Å². The zero-order chi connectivity index (χ0) is 14.7. The normalized spacial score (nSPS) is 11.2. The molecule has 0 aliphatic rings. The molecule has 3 aromatic carbocycles. The standard InChI is InChI=1S/C18H13O2P/c19-21(20)17-13-7-12-16(14-8-3-1-4-9-14)18(17)15-10-5-2-6-11-15/h1-13H/p+1. The van der Waals surface area contributed by atoms with Crippen molar-refractivity contribution in [1.29, 1.82) is 0 Å². The van der Waals surface area contributed by atoms with Gasteiger partial charge in [-0.05, 0) is 27.3 Å². The topological polar surface area (TPSA) is 37.3 Å². The zero-order valence-electron chi connectivity index (χ0n) is 11.3. The summed E-state index contributed by atoms with van der Waals surface area (Å²) in [7, 11) is -2.40. The molecule has 0 saturated heterocycles. The first-order chi connectivity index (χ1) is 10.3. The minimum atomic E-state index is -2.40. The van der Waals surface area contributed by atoms with Gasteiger partial charge in [-0.1, -0.05) is 72.8 Å². The van der Waals surface area contributed by atoms with Gasteiger partial charge in [0.1, 0.15) is 0 Å². The largest absolute Gasteiger partial charge is 0.546 e. The third-order valence-electron chi connectivity index (χ3n) is 3.40. The molecule has 3 heteroatoms. The summed E-state index contributed by atoms with van der Waals surface area (Å²) < 4.78 is 11.7. The molecule has 0 fully saturated rings. The van der Waals surface area contributed by atoms with Gasteiger partial charge >= 0.3 is 8.03 Å². The minimum Gasteiger partial charge on any atom is -0.156 e. The van der Waals surface area contributed by atoms with Crippen LogP contribution in [0.15, 0.2) is 78.9 Å². The summed E-state index contributed by atoms with van der Waals surface area (Å²) in [5.41, 5.74) is 3.78. The van der Waals surface area contributed by atoms with E-state index in [-0.39, 0.29) is 0 Å². The highest BCUT2D eigenvalue weighted by Gasteiger charge is 2.25. The van der Waals surface area contributed by atoms with Gasteiger partial charge < -0.3 is 0 Å². The van der Waals surface area contributed by atoms with Gasteiger partial charge in [-0.15, -0.1) is 0 Å². The van der Waals surface area contributed by atoms with Gasteiger partial charge in [-0.25, -0.2) is 0 Å². The van der Waals surface area contributed by atoms with E-state index >= 15 is 0 Å². The number of benzene rings is 3. The van der Waals surface area contributed by atoms with Gasteiger partial charge in [0, 0.05) is 5.56 Å². The molecule has 3 rings (SSSR count). The third kappa shape index (κ3) is 2.78. The monoisotopic (exact) mass is 293 g/mol. The van der Waals surface area contributed by atoms with Crippen LogP contribution >= 0.6 is 8.03 Å². The second-order valence-electron chi connectivity index (χ2n) is 4.70. The fraction of sp³-hybridized carbons (Fsp3) is 0. The number of hydrogen-bond donors (Lipinski definition) is 1. The van der Waals surface area contributed by atoms with Crippen molar-refractivity contribution in [2.45, 2.75) is 0 Å². The van der Waals surface area contributed by atoms with E-state index in [0.29, 0.717) is 5.30 Å². The molecule has 2 nitrogen and oxygen atoms in total. The van der Waals surface area contributed by atoms with Gasteiger partial charge in [-0.2, -0.15) is 4.89 Å². The van der Waals surface area contributed by atoms with Crippen LogP contribution in [0.3, 0.4) is 0 Å². The van der Waals surface area contributed by atoms with Crippen molar-refractivity contribution in [3.63, 3.8) is 0 Å². The van der Waals surface area contributed by atoms with Crippen LogP contribution in [0.1, 0.15) is 0 Å². The Kier molecular flexibility index (Phi) is 3.92. The molecule has 3 aromatic rings. The van der Waals surface area contributed by atoms with Crippen LogP contribution in [0.2, 0.25) is 0 Å². The van der Waals surface area contributed by atoms with Crippen molar-refractivity contribution in [2.24, 2.45) is 0 Å². The average Bonchev–Trinajstić information content (AvgIpc) is 2.55. The van der Waals surface area contributed by atoms with Crippen molar-refractivity contribution in [1.82, 2.24) is 0 Å². The molecule has 1 unspecified atom stereocenters. The molecule has 1 atom stereocenters. The van der Waals surface area contributed by atoms with Gasteiger partial charge in [-0.3, -0.25) is 0 Å². The fourth-order valence-corrected chi connectivity index (χ4v) is 3.12. The van der Waals surface area contributed by atoms with Crippen LogP contribution in [0.25, 0.3) is 22.3 Å². The van der Waals surface area contributed by atoms with E-state index in [0.717, 1.165) is 22.3 Å². The Morgan fingerprint density at radius 1 is 0.667 bits per heavy atom. The number of hydrogen-bond acceptors (Lipinski definition) is 1. The van der Waals surface area contributed by atoms with Gasteiger partial charge in [0.15, 0.2) is 0 Å². The minimum absolute atomic E-state index is 0.470. The molecule has 102 valence electrons. The van der Waals surface area contributed by atoms with Gasteiger partial charge in [0.2, 0.25) is 5.30 Å². The summed E-state index contributed by atoms with van der Waals surface area (Å²) in [5.74, 6) is 0. The predicted octanol–water partition coefficient (Wildman–Crippen LogP) is 4.38. The molecule has 1 N–H and O–H groups in total. The van der Waals surface area contributed by atoms with Crippen LogP contribution in [0, 0.1) is 0 Å². The first kappa shape index (κ1) is 13.7. The molecular formula is C18H14O2P+. The van der Waals surface area contributed by atoms with E-state index in [2.05, 4.69) is 0 Å². The molecule has 0 heterocycles. The summed E-state index contributed by atoms with van der Waals surface area (Å²) >= 11 is 0. The Bertz CT molecular complexity index is 768. The Labute approximate surface area is 124 Å². The van der Waals surface area contributed by atoms with Crippen LogP contribution in [-0.2, 0) is 4.57 Å². The van der Waals surface area contributed by atoms with E-state index in [4.69, 9.17) is 0 Å². The molecule has 21 heavy (non-hydrogen) atoms. The number of rotatable bonds is 3. The van der Waals surface area contributed by atoms with Crippen molar-refractivity contribution in [3.05, 3.63) is 78.9 Å². The van der Waals surface area contributed by atoms with E-state index in [1.165, 1.54) is 0 Å². The zero-order valence-corrected chi connectivity index (χ0v) is 12.2. The van der Waals surface area contributed by atoms with Gasteiger partial charge in [0.05, 0.1) is 0 Å². The Morgan fingerprint density at radius 3 is 1.81 bits per heavy atom. The van der Waals surface area contributed by atoms with Crippen LogP contribution in [0.5, 0.6) is 0 Å². The SMILES string of the molecule is O=[P+](O)c1cccc(-c2ccccc2)c1-c1ccccc1. The lowest BCUT2D eigenvalue weighted by Crippen LogP contribution is -2.03. The molecule has 0 aliphatic heterocycles. The molecular weight excluding hydrogens is 279 g/mol.